The maximum Gasteiger partial charge on any atom is 0.313 e. The van der Waals surface area contributed by atoms with Gasteiger partial charge in [-0.05, 0) is 6.92 Å². The molecular weight excluding hydrogens is 322 g/mol. The number of ether oxygens (including phenoxy) is 3. The Kier molecular flexibility index (Phi) is 7.93. The van der Waals surface area contributed by atoms with E-state index < -0.39 is 40.6 Å². The van der Waals surface area contributed by atoms with Crippen LogP contribution in [0.25, 0.3) is 0 Å². The summed E-state index contributed by atoms with van der Waals surface area (Å²) in [6, 6.07) is 0. The molecule has 5 nitrogen and oxygen atoms in total. The first kappa shape index (κ1) is 19.3. The molecule has 0 unspecified atom stereocenters. The van der Waals surface area contributed by atoms with Crippen molar-refractivity contribution in [2.45, 2.75) is 13.3 Å². The van der Waals surface area contributed by atoms with Gasteiger partial charge in [0.25, 0.3) is 0 Å². The molecule has 0 heterocycles. The van der Waals surface area contributed by atoms with Crippen LogP contribution in [-0.4, -0.2) is 38.9 Å². The lowest BCUT2D eigenvalue weighted by Gasteiger charge is -2.11. The molecule has 1 aromatic carbocycles. The molecule has 130 valence electrons. The Hall–Kier alpha value is -1.71. The summed E-state index contributed by atoms with van der Waals surface area (Å²) in [7, 11) is 0. The maximum atomic E-state index is 13.5. The van der Waals surface area contributed by atoms with Crippen molar-refractivity contribution >= 4 is 5.97 Å². The van der Waals surface area contributed by atoms with Gasteiger partial charge in [-0.2, -0.15) is 4.39 Å². The van der Waals surface area contributed by atoms with E-state index in [9.17, 15) is 22.4 Å². The number of halogens is 4. The van der Waals surface area contributed by atoms with Gasteiger partial charge in [0.05, 0.1) is 32.8 Å². The van der Waals surface area contributed by atoms with E-state index in [1.165, 1.54) is 0 Å². The third-order valence-electron chi connectivity index (χ3n) is 2.75. The summed E-state index contributed by atoms with van der Waals surface area (Å²) < 4.78 is 67.5. The number of hydrogen-bond donors (Lipinski definition) is 1. The first-order valence-corrected chi connectivity index (χ1v) is 6.78. The Balaban J connectivity index is 2.49. The number of rotatable bonds is 9. The van der Waals surface area contributed by atoms with E-state index >= 15 is 0 Å². The molecule has 0 radical (unpaired) electrons. The zero-order valence-corrected chi connectivity index (χ0v) is 12.5. The summed E-state index contributed by atoms with van der Waals surface area (Å²) in [5.41, 5.74) is 4.57. The number of benzene rings is 1. The highest BCUT2D eigenvalue weighted by Gasteiger charge is 2.25. The number of carbonyl (C=O) groups excluding carboxylic acids is 1. The summed E-state index contributed by atoms with van der Waals surface area (Å²) in [5.74, 6) is -9.31. The van der Waals surface area contributed by atoms with Gasteiger partial charge in [0.15, 0.2) is 17.4 Å². The maximum absolute atomic E-state index is 13.5. The minimum absolute atomic E-state index is 0.0579. The summed E-state index contributed by atoms with van der Waals surface area (Å²) in [5, 5.41) is 0. The third kappa shape index (κ3) is 5.45. The van der Waals surface area contributed by atoms with Gasteiger partial charge in [0.1, 0.15) is 0 Å². The van der Waals surface area contributed by atoms with E-state index in [2.05, 4.69) is 4.74 Å². The largest absolute Gasteiger partial charge is 0.423 e. The Bertz CT molecular complexity index is 525. The third-order valence-corrected chi connectivity index (χ3v) is 2.75. The molecule has 0 aliphatic carbocycles. The topological polar surface area (TPSA) is 70.8 Å². The van der Waals surface area contributed by atoms with Crippen molar-refractivity contribution in [1.82, 2.24) is 0 Å². The Morgan fingerprint density at radius 3 is 2.09 bits per heavy atom. The molecule has 0 aromatic heterocycles. The Labute approximate surface area is 130 Å². The normalized spacial score (nSPS) is 10.9. The van der Waals surface area contributed by atoms with Crippen LogP contribution in [0.1, 0.15) is 12.0 Å². The highest BCUT2D eigenvalue weighted by molar-refractivity contribution is 5.73. The quantitative estimate of drug-likeness (QED) is 0.186. The number of nitrogens with two attached hydrogens (primary N) is 1. The number of carbonyl (C=O) groups is 1. The van der Waals surface area contributed by atoms with Gasteiger partial charge in [-0.25, -0.2) is 13.2 Å². The smallest absolute Gasteiger partial charge is 0.313 e. The molecule has 0 atom stereocenters. The van der Waals surface area contributed by atoms with Crippen molar-refractivity contribution in [1.29, 1.82) is 0 Å². The predicted molar refractivity (Wildman–Crippen MR) is 72.0 cm³/mol. The summed E-state index contributed by atoms with van der Waals surface area (Å²) >= 11 is 0. The van der Waals surface area contributed by atoms with Gasteiger partial charge < -0.3 is 19.9 Å². The molecule has 0 saturated heterocycles. The van der Waals surface area contributed by atoms with E-state index in [0.717, 1.165) is 6.92 Å². The average Bonchev–Trinajstić information content (AvgIpc) is 2.54. The van der Waals surface area contributed by atoms with Crippen molar-refractivity contribution in [2.75, 3.05) is 33.0 Å². The van der Waals surface area contributed by atoms with Crippen LogP contribution in [0.3, 0.4) is 0 Å². The first-order chi connectivity index (χ1) is 10.9. The zero-order chi connectivity index (χ0) is 17.4. The molecule has 0 bridgehead atoms. The highest BCUT2D eigenvalue weighted by Crippen LogP contribution is 2.30. The summed E-state index contributed by atoms with van der Waals surface area (Å²) in [4.78, 5) is 11.5. The minimum atomic E-state index is -2.04. The molecule has 9 heteroatoms. The molecule has 0 fully saturated rings. The average molecular weight is 339 g/mol. The van der Waals surface area contributed by atoms with Gasteiger partial charge >= 0.3 is 5.97 Å². The van der Waals surface area contributed by atoms with Crippen molar-refractivity contribution in [3.8, 4) is 5.75 Å². The van der Waals surface area contributed by atoms with Crippen LogP contribution in [0, 0.1) is 30.2 Å². The molecule has 1 rings (SSSR count). The van der Waals surface area contributed by atoms with E-state index in [0.29, 0.717) is 13.2 Å². The van der Waals surface area contributed by atoms with E-state index in [-0.39, 0.29) is 26.2 Å². The van der Waals surface area contributed by atoms with E-state index in [1.807, 2.05) is 0 Å². The molecule has 0 aliphatic rings. The van der Waals surface area contributed by atoms with Crippen molar-refractivity contribution in [3.63, 3.8) is 0 Å². The van der Waals surface area contributed by atoms with Crippen LogP contribution in [-0.2, 0) is 14.3 Å². The molecule has 2 N–H and O–H groups in total. The van der Waals surface area contributed by atoms with E-state index in [4.69, 9.17) is 15.2 Å². The van der Waals surface area contributed by atoms with Crippen LogP contribution >= 0.6 is 0 Å². The fraction of sp³-hybridized carbons (Fsp3) is 0.500. The fourth-order valence-corrected chi connectivity index (χ4v) is 1.57. The Morgan fingerprint density at radius 2 is 1.48 bits per heavy atom. The molecule has 0 amide bonds. The van der Waals surface area contributed by atoms with Crippen LogP contribution in [0.4, 0.5) is 17.6 Å². The highest BCUT2D eigenvalue weighted by atomic mass is 19.2. The summed E-state index contributed by atoms with van der Waals surface area (Å²) in [6.45, 7) is 2.16. The van der Waals surface area contributed by atoms with Gasteiger partial charge in [0, 0.05) is 12.1 Å². The van der Waals surface area contributed by atoms with Crippen molar-refractivity contribution < 1.29 is 36.6 Å². The zero-order valence-electron chi connectivity index (χ0n) is 12.5. The summed E-state index contributed by atoms with van der Waals surface area (Å²) in [6.07, 6.45) is -0.281. The molecule has 1 aromatic rings. The predicted octanol–water partition coefficient (Wildman–Crippen LogP) is 1.84. The molecular formula is C14H17F4NO4. The molecule has 0 saturated carbocycles. The van der Waals surface area contributed by atoms with Gasteiger partial charge in [0.2, 0.25) is 11.6 Å². The minimum Gasteiger partial charge on any atom is -0.423 e. The Morgan fingerprint density at radius 1 is 0.913 bits per heavy atom. The van der Waals surface area contributed by atoms with Crippen LogP contribution in [0.2, 0.25) is 0 Å². The molecule has 23 heavy (non-hydrogen) atoms. The monoisotopic (exact) mass is 339 g/mol. The van der Waals surface area contributed by atoms with Crippen molar-refractivity contribution in [2.24, 2.45) is 5.73 Å². The van der Waals surface area contributed by atoms with Crippen LogP contribution < -0.4 is 10.5 Å². The lowest BCUT2D eigenvalue weighted by Crippen LogP contribution is -2.16. The molecule has 0 spiro atoms. The second-order valence-electron chi connectivity index (χ2n) is 4.45. The number of hydrogen-bond acceptors (Lipinski definition) is 5. The second-order valence-corrected chi connectivity index (χ2v) is 4.45. The number of esters is 1. The van der Waals surface area contributed by atoms with Gasteiger partial charge in [-0.15, -0.1) is 0 Å². The lowest BCUT2D eigenvalue weighted by molar-refractivity contribution is -0.136. The van der Waals surface area contributed by atoms with Crippen molar-refractivity contribution in [3.05, 3.63) is 28.8 Å². The lowest BCUT2D eigenvalue weighted by atomic mass is 10.2. The second kappa shape index (κ2) is 9.43. The fourth-order valence-electron chi connectivity index (χ4n) is 1.57. The molecule has 0 aliphatic heterocycles. The van der Waals surface area contributed by atoms with E-state index in [1.54, 1.807) is 0 Å². The first-order valence-electron chi connectivity index (χ1n) is 6.78. The van der Waals surface area contributed by atoms with Gasteiger partial charge in [-0.1, -0.05) is 0 Å². The van der Waals surface area contributed by atoms with Gasteiger partial charge in [-0.3, -0.25) is 4.79 Å². The SMILES string of the molecule is Cc1c(F)c(F)c(F)c(F)c1OC(=O)CCOCCOCCN. The van der Waals surface area contributed by atoms with Crippen LogP contribution in [0.5, 0.6) is 5.75 Å². The standard InChI is InChI=1S/C14H17F4NO4/c1-8-10(15)11(16)12(17)13(18)14(8)23-9(20)2-4-21-6-7-22-5-3-19/h2-7,19H2,1H3. The van der Waals surface area contributed by atoms with Crippen LogP contribution in [0.15, 0.2) is 0 Å².